The van der Waals surface area contributed by atoms with Crippen LogP contribution in [0.3, 0.4) is 0 Å². The molecule has 0 radical (unpaired) electrons. The molecule has 136 valence electrons. The van der Waals surface area contributed by atoms with Gasteiger partial charge in [0.25, 0.3) is 0 Å². The number of aliphatic imine (C=N–C) groups is 1. The van der Waals surface area contributed by atoms with E-state index in [9.17, 15) is 0 Å². The molecule has 7 nitrogen and oxygen atoms in total. The van der Waals surface area contributed by atoms with Gasteiger partial charge in [-0.2, -0.15) is 5.10 Å². The average molecular weight is 369 g/mol. The zero-order valence-corrected chi connectivity index (χ0v) is 16.3. The second-order valence-corrected chi connectivity index (χ2v) is 7.33. The first-order valence-electron chi connectivity index (χ1n) is 8.39. The Balaban J connectivity index is 1.55. The molecule has 0 saturated carbocycles. The summed E-state index contributed by atoms with van der Waals surface area (Å²) < 4.78 is 1.85. The number of nitrogens with zero attached hydrogens (tertiary/aromatic N) is 5. The molecule has 3 rings (SSSR count). The Hall–Kier alpha value is -2.74. The van der Waals surface area contributed by atoms with Crippen molar-refractivity contribution in [3.63, 3.8) is 0 Å². The van der Waals surface area contributed by atoms with Crippen LogP contribution in [-0.4, -0.2) is 32.8 Å². The fourth-order valence-corrected chi connectivity index (χ4v) is 3.28. The number of guanidine groups is 1. The van der Waals surface area contributed by atoms with Crippen molar-refractivity contribution in [2.45, 2.75) is 33.9 Å². The van der Waals surface area contributed by atoms with E-state index < -0.39 is 0 Å². The second-order valence-electron chi connectivity index (χ2n) is 6.01. The lowest BCUT2D eigenvalue weighted by Crippen LogP contribution is -2.36. The van der Waals surface area contributed by atoms with Crippen molar-refractivity contribution in [1.82, 2.24) is 30.4 Å². The zero-order chi connectivity index (χ0) is 18.5. The highest BCUT2D eigenvalue weighted by molar-refractivity contribution is 7.11. The van der Waals surface area contributed by atoms with Gasteiger partial charge in [-0.25, -0.2) is 14.6 Å². The molecule has 0 aliphatic carbocycles. The van der Waals surface area contributed by atoms with E-state index in [1.54, 1.807) is 18.4 Å². The van der Waals surface area contributed by atoms with Crippen molar-refractivity contribution in [2.24, 2.45) is 4.99 Å². The summed E-state index contributed by atoms with van der Waals surface area (Å²) >= 11 is 1.68. The predicted octanol–water partition coefficient (Wildman–Crippen LogP) is 2.51. The van der Waals surface area contributed by atoms with Gasteiger partial charge in [0.05, 0.1) is 12.2 Å². The van der Waals surface area contributed by atoms with E-state index in [4.69, 9.17) is 0 Å². The molecule has 0 saturated heterocycles. The molecule has 26 heavy (non-hydrogen) atoms. The van der Waals surface area contributed by atoms with Gasteiger partial charge >= 0.3 is 0 Å². The van der Waals surface area contributed by atoms with Crippen LogP contribution in [0.4, 0.5) is 0 Å². The molecule has 0 fully saturated rings. The summed E-state index contributed by atoms with van der Waals surface area (Å²) in [4.78, 5) is 14.3. The number of rotatable bonds is 5. The number of nitrogens with one attached hydrogen (secondary N) is 2. The van der Waals surface area contributed by atoms with E-state index >= 15 is 0 Å². The summed E-state index contributed by atoms with van der Waals surface area (Å²) in [6, 6.07) is 6.06. The normalized spacial score (nSPS) is 11.6. The average Bonchev–Trinajstić information content (AvgIpc) is 3.20. The lowest BCUT2D eigenvalue weighted by atomic mass is 10.3. The standard InChI is InChI=1S/C18H23N7S/c1-12-7-13(2)25(24-12)16-6-5-15(9-20-16)10-22-18(19-4)23-11-17-21-8-14(3)26-17/h5-9H,10-11H2,1-4H3,(H2,19,22,23). The highest BCUT2D eigenvalue weighted by Gasteiger charge is 2.06. The topological polar surface area (TPSA) is 80.0 Å². The number of hydrogen-bond acceptors (Lipinski definition) is 5. The third-order valence-electron chi connectivity index (χ3n) is 3.80. The van der Waals surface area contributed by atoms with Gasteiger partial charge in [-0.1, -0.05) is 6.07 Å². The minimum Gasteiger partial charge on any atom is -0.352 e. The van der Waals surface area contributed by atoms with E-state index in [1.807, 2.05) is 49.1 Å². The molecule has 0 atom stereocenters. The maximum Gasteiger partial charge on any atom is 0.191 e. The van der Waals surface area contributed by atoms with Crippen molar-refractivity contribution in [2.75, 3.05) is 7.05 Å². The third kappa shape index (κ3) is 4.45. The minimum atomic E-state index is 0.640. The van der Waals surface area contributed by atoms with Crippen LogP contribution in [0.2, 0.25) is 0 Å². The van der Waals surface area contributed by atoms with Crippen molar-refractivity contribution in [3.05, 3.63) is 57.4 Å². The Morgan fingerprint density at radius 2 is 1.92 bits per heavy atom. The molecule has 0 aliphatic rings. The maximum absolute atomic E-state index is 4.52. The highest BCUT2D eigenvalue weighted by Crippen LogP contribution is 2.11. The molecule has 2 N–H and O–H groups in total. The summed E-state index contributed by atoms with van der Waals surface area (Å²) in [6.45, 7) is 7.36. The Kier molecular flexibility index (Phi) is 5.62. The number of aryl methyl sites for hydroxylation is 3. The van der Waals surface area contributed by atoms with E-state index in [0.29, 0.717) is 13.1 Å². The van der Waals surface area contributed by atoms with Gasteiger partial charge in [0.1, 0.15) is 5.01 Å². The lowest BCUT2D eigenvalue weighted by molar-refractivity contribution is 0.788. The molecule has 3 heterocycles. The summed E-state index contributed by atoms with van der Waals surface area (Å²) in [7, 11) is 1.76. The highest BCUT2D eigenvalue weighted by atomic mass is 32.1. The first-order valence-corrected chi connectivity index (χ1v) is 9.21. The molecular formula is C18H23N7S. The molecule has 3 aromatic rings. The largest absolute Gasteiger partial charge is 0.352 e. The van der Waals surface area contributed by atoms with Gasteiger partial charge in [0.2, 0.25) is 0 Å². The zero-order valence-electron chi connectivity index (χ0n) is 15.4. The van der Waals surface area contributed by atoms with Crippen LogP contribution in [0.5, 0.6) is 0 Å². The van der Waals surface area contributed by atoms with Crippen LogP contribution < -0.4 is 10.6 Å². The molecule has 0 unspecified atom stereocenters. The number of aromatic nitrogens is 4. The van der Waals surface area contributed by atoms with E-state index in [0.717, 1.165) is 33.7 Å². The Bertz CT molecular complexity index is 893. The first-order chi connectivity index (χ1) is 12.5. The maximum atomic E-state index is 4.52. The van der Waals surface area contributed by atoms with Crippen molar-refractivity contribution in [3.8, 4) is 5.82 Å². The van der Waals surface area contributed by atoms with Gasteiger partial charge in [0.15, 0.2) is 11.8 Å². The first kappa shape index (κ1) is 18.1. The van der Waals surface area contributed by atoms with Gasteiger partial charge in [-0.15, -0.1) is 11.3 Å². The van der Waals surface area contributed by atoms with Crippen LogP contribution in [0.25, 0.3) is 5.82 Å². The van der Waals surface area contributed by atoms with Gasteiger partial charge < -0.3 is 10.6 Å². The van der Waals surface area contributed by atoms with Crippen molar-refractivity contribution >= 4 is 17.3 Å². The molecular weight excluding hydrogens is 346 g/mol. The van der Waals surface area contributed by atoms with Crippen molar-refractivity contribution < 1.29 is 0 Å². The van der Waals surface area contributed by atoms with Crippen LogP contribution in [0.1, 0.15) is 26.8 Å². The van der Waals surface area contributed by atoms with Crippen molar-refractivity contribution in [1.29, 1.82) is 0 Å². The fourth-order valence-electron chi connectivity index (χ4n) is 2.56. The monoisotopic (exact) mass is 369 g/mol. The van der Waals surface area contributed by atoms with E-state index in [2.05, 4.69) is 37.6 Å². The van der Waals surface area contributed by atoms with Crippen LogP contribution in [0.15, 0.2) is 35.6 Å². The quantitative estimate of drug-likeness (QED) is 0.534. The fraction of sp³-hybridized carbons (Fsp3) is 0.333. The third-order valence-corrected chi connectivity index (χ3v) is 4.71. The summed E-state index contributed by atoms with van der Waals surface area (Å²) in [5, 5.41) is 12.1. The molecule has 0 aliphatic heterocycles. The smallest absolute Gasteiger partial charge is 0.191 e. The summed E-state index contributed by atoms with van der Waals surface area (Å²) in [5.74, 6) is 1.56. The number of pyridine rings is 1. The SMILES string of the molecule is CN=C(NCc1ccc(-n2nc(C)cc2C)nc1)NCc1ncc(C)s1. The van der Waals surface area contributed by atoms with Gasteiger partial charge in [-0.05, 0) is 38.5 Å². The number of thiazole rings is 1. The molecule has 0 spiro atoms. The predicted molar refractivity (Wildman–Crippen MR) is 105 cm³/mol. The van der Waals surface area contributed by atoms with Crippen LogP contribution in [0, 0.1) is 20.8 Å². The van der Waals surface area contributed by atoms with Crippen LogP contribution >= 0.6 is 11.3 Å². The Morgan fingerprint density at radius 3 is 2.50 bits per heavy atom. The second kappa shape index (κ2) is 8.09. The molecule has 0 aromatic carbocycles. The number of hydrogen-bond donors (Lipinski definition) is 2. The Morgan fingerprint density at radius 1 is 1.12 bits per heavy atom. The van der Waals surface area contributed by atoms with E-state index in [1.165, 1.54) is 4.88 Å². The van der Waals surface area contributed by atoms with Gasteiger partial charge in [0, 0.05) is 36.6 Å². The van der Waals surface area contributed by atoms with E-state index in [-0.39, 0.29) is 0 Å². The molecule has 8 heteroatoms. The molecule has 0 bridgehead atoms. The Labute approximate surface area is 157 Å². The molecule has 0 amide bonds. The summed E-state index contributed by atoms with van der Waals surface area (Å²) in [5.41, 5.74) is 3.13. The van der Waals surface area contributed by atoms with Gasteiger partial charge in [-0.3, -0.25) is 4.99 Å². The minimum absolute atomic E-state index is 0.640. The molecule has 3 aromatic heterocycles. The lowest BCUT2D eigenvalue weighted by Gasteiger charge is -2.11. The summed E-state index contributed by atoms with van der Waals surface area (Å²) in [6.07, 6.45) is 3.74. The van der Waals surface area contributed by atoms with Crippen LogP contribution in [-0.2, 0) is 13.1 Å².